The van der Waals surface area contributed by atoms with Gasteiger partial charge in [0.05, 0.1) is 19.5 Å². The van der Waals surface area contributed by atoms with Crippen LogP contribution in [0.3, 0.4) is 0 Å². The van der Waals surface area contributed by atoms with E-state index in [0.29, 0.717) is 17.5 Å². The summed E-state index contributed by atoms with van der Waals surface area (Å²) in [5.74, 6) is 2.31. The van der Waals surface area contributed by atoms with Crippen molar-refractivity contribution in [2.45, 2.75) is 67.8 Å². The van der Waals surface area contributed by atoms with Crippen molar-refractivity contribution in [3.63, 3.8) is 0 Å². The molecule has 162 valence electrons. The normalized spacial score (nSPS) is 20.5. The van der Waals surface area contributed by atoms with Crippen LogP contribution >= 0.6 is 11.8 Å². The Bertz CT molecular complexity index is 879. The van der Waals surface area contributed by atoms with Gasteiger partial charge in [0.25, 0.3) is 0 Å². The minimum Gasteiger partial charge on any atom is -0.493 e. The number of amides is 1. The average molecular weight is 431 g/mol. The van der Waals surface area contributed by atoms with Gasteiger partial charge < -0.3 is 14.8 Å². The van der Waals surface area contributed by atoms with Gasteiger partial charge in [-0.1, -0.05) is 37.4 Å². The van der Waals surface area contributed by atoms with Crippen LogP contribution in [-0.2, 0) is 4.79 Å². The topological polar surface area (TPSA) is 78.3 Å². The monoisotopic (exact) mass is 430 g/mol. The summed E-state index contributed by atoms with van der Waals surface area (Å²) in [6.07, 6.45) is 8.89. The fraction of sp³-hybridized carbons (Fsp3) is 0.591. The number of benzene rings is 1. The number of nitrogens with one attached hydrogen (secondary N) is 1. The molecule has 1 amide bonds. The maximum Gasteiger partial charge on any atom is 0.233 e. The molecule has 8 heteroatoms. The zero-order valence-corrected chi connectivity index (χ0v) is 18.5. The molecule has 0 unspecified atom stereocenters. The van der Waals surface area contributed by atoms with Crippen LogP contribution in [0.4, 0.5) is 0 Å². The Morgan fingerprint density at radius 1 is 1.00 bits per heavy atom. The van der Waals surface area contributed by atoms with E-state index in [0.717, 1.165) is 55.2 Å². The highest BCUT2D eigenvalue weighted by Crippen LogP contribution is 2.39. The molecular formula is C22H30N4O3S. The molecule has 1 saturated carbocycles. The van der Waals surface area contributed by atoms with E-state index in [9.17, 15) is 4.79 Å². The second-order valence-corrected chi connectivity index (χ2v) is 9.10. The molecule has 1 aromatic carbocycles. The predicted octanol–water partition coefficient (Wildman–Crippen LogP) is 4.23. The van der Waals surface area contributed by atoms with Crippen molar-refractivity contribution >= 4 is 17.7 Å². The molecule has 1 atom stereocenters. The van der Waals surface area contributed by atoms with Gasteiger partial charge >= 0.3 is 0 Å². The lowest BCUT2D eigenvalue weighted by Gasteiger charge is -2.26. The summed E-state index contributed by atoms with van der Waals surface area (Å²) in [6, 6.07) is 6.21. The SMILES string of the molecule is COc1ccc(-c2nnc(S[C@H]3CCCCNC3=O)n2C2CCCCC2)cc1OC. The first kappa shape index (κ1) is 21.0. The number of hydrogen-bond donors (Lipinski definition) is 1. The third-order valence-electron chi connectivity index (χ3n) is 5.98. The number of rotatable bonds is 6. The average Bonchev–Trinajstić information content (AvgIpc) is 3.10. The lowest BCUT2D eigenvalue weighted by molar-refractivity contribution is -0.120. The highest BCUT2D eigenvalue weighted by Gasteiger charge is 2.29. The molecule has 1 aliphatic heterocycles. The molecule has 0 spiro atoms. The van der Waals surface area contributed by atoms with Gasteiger partial charge in [0.2, 0.25) is 5.91 Å². The van der Waals surface area contributed by atoms with E-state index in [1.165, 1.54) is 19.3 Å². The fourth-order valence-corrected chi connectivity index (χ4v) is 5.52. The van der Waals surface area contributed by atoms with Crippen LogP contribution in [0.5, 0.6) is 11.5 Å². The fourth-order valence-electron chi connectivity index (χ4n) is 4.35. The van der Waals surface area contributed by atoms with Gasteiger partial charge in [-0.05, 0) is 43.9 Å². The number of nitrogens with zero attached hydrogens (tertiary/aromatic N) is 3. The highest BCUT2D eigenvalue weighted by atomic mass is 32.2. The number of hydrogen-bond acceptors (Lipinski definition) is 6. The summed E-state index contributed by atoms with van der Waals surface area (Å²) in [7, 11) is 3.27. The Hall–Kier alpha value is -2.22. The van der Waals surface area contributed by atoms with Crippen LogP contribution in [0.1, 0.15) is 57.4 Å². The lowest BCUT2D eigenvalue weighted by Crippen LogP contribution is -2.31. The Morgan fingerprint density at radius 2 is 1.77 bits per heavy atom. The quantitative estimate of drug-likeness (QED) is 0.739. The maximum absolute atomic E-state index is 12.5. The molecule has 7 nitrogen and oxygen atoms in total. The molecule has 1 aromatic heterocycles. The second kappa shape index (κ2) is 9.73. The van der Waals surface area contributed by atoms with Gasteiger partial charge in [0, 0.05) is 18.2 Å². The van der Waals surface area contributed by atoms with Crippen LogP contribution in [0.25, 0.3) is 11.4 Å². The molecule has 0 bridgehead atoms. The van der Waals surface area contributed by atoms with Crippen LogP contribution in [0.15, 0.2) is 23.4 Å². The van der Waals surface area contributed by atoms with E-state index < -0.39 is 0 Å². The predicted molar refractivity (Wildman–Crippen MR) is 117 cm³/mol. The lowest BCUT2D eigenvalue weighted by atomic mass is 9.95. The van der Waals surface area contributed by atoms with Gasteiger partial charge in [0.15, 0.2) is 22.5 Å². The molecule has 2 aromatic rings. The van der Waals surface area contributed by atoms with Crippen LogP contribution < -0.4 is 14.8 Å². The van der Waals surface area contributed by atoms with Gasteiger partial charge in [0.1, 0.15) is 0 Å². The molecule has 1 saturated heterocycles. The number of thioether (sulfide) groups is 1. The van der Waals surface area contributed by atoms with Crippen LogP contribution in [0, 0.1) is 0 Å². The van der Waals surface area contributed by atoms with E-state index in [1.54, 1.807) is 26.0 Å². The molecule has 1 N–H and O–H groups in total. The zero-order chi connectivity index (χ0) is 20.9. The first-order chi connectivity index (χ1) is 14.7. The van der Waals surface area contributed by atoms with E-state index in [-0.39, 0.29) is 11.2 Å². The van der Waals surface area contributed by atoms with E-state index in [1.807, 2.05) is 18.2 Å². The third-order valence-corrected chi connectivity index (χ3v) is 7.20. The molecule has 30 heavy (non-hydrogen) atoms. The van der Waals surface area contributed by atoms with Crippen molar-refractivity contribution in [2.24, 2.45) is 0 Å². The molecule has 2 heterocycles. The van der Waals surface area contributed by atoms with Crippen molar-refractivity contribution in [3.8, 4) is 22.9 Å². The van der Waals surface area contributed by atoms with Crippen molar-refractivity contribution in [2.75, 3.05) is 20.8 Å². The summed E-state index contributed by atoms with van der Waals surface area (Å²) in [5, 5.41) is 12.9. The van der Waals surface area contributed by atoms with Crippen LogP contribution in [-0.4, -0.2) is 46.7 Å². The third kappa shape index (κ3) is 4.43. The molecule has 0 radical (unpaired) electrons. The van der Waals surface area contributed by atoms with E-state index in [2.05, 4.69) is 20.1 Å². The Balaban J connectivity index is 1.71. The van der Waals surface area contributed by atoms with Crippen molar-refractivity contribution in [3.05, 3.63) is 18.2 Å². The zero-order valence-electron chi connectivity index (χ0n) is 17.7. The highest BCUT2D eigenvalue weighted by molar-refractivity contribution is 8.00. The van der Waals surface area contributed by atoms with Crippen LogP contribution in [0.2, 0.25) is 0 Å². The second-order valence-electron chi connectivity index (χ2n) is 7.93. The molecular weight excluding hydrogens is 400 g/mol. The first-order valence-corrected chi connectivity index (χ1v) is 11.7. The molecule has 2 fully saturated rings. The Labute approximate surface area is 181 Å². The van der Waals surface area contributed by atoms with Crippen molar-refractivity contribution in [1.29, 1.82) is 0 Å². The Morgan fingerprint density at radius 3 is 2.53 bits per heavy atom. The first-order valence-electron chi connectivity index (χ1n) is 10.8. The van der Waals surface area contributed by atoms with Gasteiger partial charge in [-0.2, -0.15) is 0 Å². The number of aromatic nitrogens is 3. The number of carbonyl (C=O) groups is 1. The smallest absolute Gasteiger partial charge is 0.233 e. The minimum absolute atomic E-state index is 0.114. The molecule has 4 rings (SSSR count). The summed E-state index contributed by atoms with van der Waals surface area (Å²) in [4.78, 5) is 12.5. The summed E-state index contributed by atoms with van der Waals surface area (Å²) in [6.45, 7) is 0.766. The van der Waals surface area contributed by atoms with Crippen molar-refractivity contribution in [1.82, 2.24) is 20.1 Å². The minimum atomic E-state index is -0.114. The summed E-state index contributed by atoms with van der Waals surface area (Å²) >= 11 is 1.56. The number of methoxy groups -OCH3 is 2. The Kier molecular flexibility index (Phi) is 6.82. The molecule has 2 aliphatic rings. The summed E-state index contributed by atoms with van der Waals surface area (Å²) < 4.78 is 13.2. The van der Waals surface area contributed by atoms with Gasteiger partial charge in [-0.3, -0.25) is 9.36 Å². The summed E-state index contributed by atoms with van der Waals surface area (Å²) in [5.41, 5.74) is 0.947. The standard InChI is InChI=1S/C22H30N4O3S/c1-28-17-12-11-15(14-18(17)29-2)20-24-25-22(26(20)16-8-4-3-5-9-16)30-19-10-6-7-13-23-21(19)27/h11-12,14,16,19H,3-10,13H2,1-2H3,(H,23,27)/t19-/m0/s1. The molecule has 1 aliphatic carbocycles. The maximum atomic E-state index is 12.5. The van der Waals surface area contributed by atoms with E-state index >= 15 is 0 Å². The largest absolute Gasteiger partial charge is 0.493 e. The van der Waals surface area contributed by atoms with E-state index in [4.69, 9.17) is 9.47 Å². The van der Waals surface area contributed by atoms with Gasteiger partial charge in [-0.25, -0.2) is 0 Å². The van der Waals surface area contributed by atoms with Gasteiger partial charge in [-0.15, -0.1) is 10.2 Å². The van der Waals surface area contributed by atoms with Crippen molar-refractivity contribution < 1.29 is 14.3 Å². The number of carbonyl (C=O) groups excluding carboxylic acids is 1. The number of ether oxygens (including phenoxy) is 2.